The highest BCUT2D eigenvalue weighted by atomic mass is 32.2. The van der Waals surface area contributed by atoms with Gasteiger partial charge in [-0.1, -0.05) is 6.07 Å². The van der Waals surface area contributed by atoms with E-state index in [9.17, 15) is 13.2 Å². The summed E-state index contributed by atoms with van der Waals surface area (Å²) in [6.45, 7) is 0.569. The van der Waals surface area contributed by atoms with Gasteiger partial charge in [-0.15, -0.1) is 10.2 Å². The summed E-state index contributed by atoms with van der Waals surface area (Å²) in [5.74, 6) is 0.685. The number of carbonyl (C=O) groups is 1. The van der Waals surface area contributed by atoms with Crippen molar-refractivity contribution >= 4 is 21.6 Å². The third kappa shape index (κ3) is 3.66. The average molecular weight is 442 g/mol. The Hall–Kier alpha value is -2.98. The predicted molar refractivity (Wildman–Crippen MR) is 112 cm³/mol. The summed E-state index contributed by atoms with van der Waals surface area (Å²) in [6.07, 6.45) is 5.13. The molecular formula is C21H23N5O4S. The van der Waals surface area contributed by atoms with Crippen molar-refractivity contribution in [2.24, 2.45) is 0 Å². The van der Waals surface area contributed by atoms with Gasteiger partial charge in [-0.05, 0) is 56.0 Å². The van der Waals surface area contributed by atoms with E-state index in [0.717, 1.165) is 31.3 Å². The zero-order valence-corrected chi connectivity index (χ0v) is 17.9. The monoisotopic (exact) mass is 441 g/mol. The number of fused-ring (bicyclic) bond motifs is 1. The molecule has 1 saturated heterocycles. The summed E-state index contributed by atoms with van der Waals surface area (Å²) in [5.41, 5.74) is 1.03. The normalized spacial score (nSPS) is 19.1. The van der Waals surface area contributed by atoms with Gasteiger partial charge in [0, 0.05) is 24.3 Å². The van der Waals surface area contributed by atoms with Gasteiger partial charge in [0.05, 0.1) is 13.2 Å². The average Bonchev–Trinajstić information content (AvgIpc) is 3.27. The first-order chi connectivity index (χ1) is 15.0. The number of rotatable bonds is 6. The number of amides is 1. The molecule has 3 aromatic rings. The van der Waals surface area contributed by atoms with Gasteiger partial charge in [-0.3, -0.25) is 9.20 Å². The molecule has 0 radical (unpaired) electrons. The maximum atomic E-state index is 13.4. The predicted octanol–water partition coefficient (Wildman–Crippen LogP) is 2.16. The molecule has 0 spiro atoms. The smallest absolute Gasteiger partial charge is 0.254 e. The number of hydrogen-bond donors (Lipinski definition) is 1. The van der Waals surface area contributed by atoms with Crippen molar-refractivity contribution in [2.75, 3.05) is 13.7 Å². The zero-order chi connectivity index (χ0) is 21.6. The van der Waals surface area contributed by atoms with E-state index in [4.69, 9.17) is 4.74 Å². The SMILES string of the molecule is COc1ccc(C(=O)N2CCCC2c2nnc3ccccn23)cc1S(=O)(=O)NC1CC1. The van der Waals surface area contributed by atoms with Crippen LogP contribution in [0.5, 0.6) is 5.75 Å². The molecule has 9 nitrogen and oxygen atoms in total. The van der Waals surface area contributed by atoms with Crippen LogP contribution in [0.4, 0.5) is 0 Å². The maximum absolute atomic E-state index is 13.4. The summed E-state index contributed by atoms with van der Waals surface area (Å²) in [4.78, 5) is 15.1. The van der Waals surface area contributed by atoms with Gasteiger partial charge < -0.3 is 9.64 Å². The fourth-order valence-corrected chi connectivity index (χ4v) is 5.53. The third-order valence-electron chi connectivity index (χ3n) is 5.75. The molecule has 10 heteroatoms. The standard InChI is InChI=1S/C21H23N5O4S/c1-30-17-10-7-14(13-18(17)31(28,29)24-15-8-9-15)21(27)25-12-4-5-16(25)20-23-22-19-6-2-3-11-26(19)20/h2-3,6-7,10-11,13,15-16,24H,4-5,8-9,12H2,1H3. The lowest BCUT2D eigenvalue weighted by atomic mass is 10.1. The molecule has 1 N–H and O–H groups in total. The van der Waals surface area contributed by atoms with Crippen LogP contribution >= 0.6 is 0 Å². The fraction of sp³-hybridized carbons (Fsp3) is 0.381. The number of likely N-dealkylation sites (tertiary alicyclic amines) is 1. The molecule has 0 bridgehead atoms. The molecule has 2 aliphatic rings. The highest BCUT2D eigenvalue weighted by molar-refractivity contribution is 7.89. The Kier molecular flexibility index (Phi) is 4.90. The third-order valence-corrected chi connectivity index (χ3v) is 7.29. The second-order valence-electron chi connectivity index (χ2n) is 7.90. The minimum atomic E-state index is -3.78. The quantitative estimate of drug-likeness (QED) is 0.628. The lowest BCUT2D eigenvalue weighted by molar-refractivity contribution is 0.0729. The van der Waals surface area contributed by atoms with Crippen molar-refractivity contribution in [1.82, 2.24) is 24.2 Å². The van der Waals surface area contributed by atoms with Gasteiger partial charge in [0.2, 0.25) is 10.0 Å². The van der Waals surface area contributed by atoms with Crippen molar-refractivity contribution in [3.63, 3.8) is 0 Å². The number of benzene rings is 1. The molecular weight excluding hydrogens is 418 g/mol. The van der Waals surface area contributed by atoms with Crippen LogP contribution in [0.15, 0.2) is 47.5 Å². The minimum Gasteiger partial charge on any atom is -0.495 e. The van der Waals surface area contributed by atoms with E-state index in [-0.39, 0.29) is 28.6 Å². The molecule has 1 aliphatic heterocycles. The van der Waals surface area contributed by atoms with Crippen LogP contribution in [0.25, 0.3) is 5.65 Å². The van der Waals surface area contributed by atoms with E-state index in [2.05, 4.69) is 14.9 Å². The minimum absolute atomic E-state index is 0.0172. The topological polar surface area (TPSA) is 106 Å². The van der Waals surface area contributed by atoms with E-state index in [1.807, 2.05) is 28.8 Å². The Balaban J connectivity index is 1.48. The van der Waals surface area contributed by atoms with Gasteiger partial charge in [-0.25, -0.2) is 13.1 Å². The largest absolute Gasteiger partial charge is 0.495 e. The fourth-order valence-electron chi connectivity index (χ4n) is 4.03. The van der Waals surface area contributed by atoms with E-state index in [1.165, 1.54) is 19.2 Å². The van der Waals surface area contributed by atoms with Crippen molar-refractivity contribution in [3.8, 4) is 5.75 Å². The molecule has 1 saturated carbocycles. The van der Waals surface area contributed by atoms with Crippen LogP contribution in [0.2, 0.25) is 0 Å². The summed E-state index contributed by atoms with van der Waals surface area (Å²) in [6, 6.07) is 9.93. The Labute approximate surface area is 180 Å². The van der Waals surface area contributed by atoms with Crippen LogP contribution in [-0.2, 0) is 10.0 Å². The molecule has 31 heavy (non-hydrogen) atoms. The van der Waals surface area contributed by atoms with E-state index in [1.54, 1.807) is 11.0 Å². The number of sulfonamides is 1. The van der Waals surface area contributed by atoms with Crippen LogP contribution in [0.3, 0.4) is 0 Å². The number of pyridine rings is 1. The number of carbonyl (C=O) groups excluding carboxylic acids is 1. The summed E-state index contributed by atoms with van der Waals surface area (Å²) in [7, 11) is -2.36. The van der Waals surface area contributed by atoms with Crippen LogP contribution in [0, 0.1) is 0 Å². The lowest BCUT2D eigenvalue weighted by Crippen LogP contribution is -2.32. The molecule has 5 rings (SSSR count). The van der Waals surface area contributed by atoms with Crippen molar-refractivity contribution in [3.05, 3.63) is 54.0 Å². The van der Waals surface area contributed by atoms with E-state index in [0.29, 0.717) is 17.9 Å². The van der Waals surface area contributed by atoms with E-state index >= 15 is 0 Å². The van der Waals surface area contributed by atoms with Gasteiger partial charge in [0.15, 0.2) is 11.5 Å². The lowest BCUT2D eigenvalue weighted by Gasteiger charge is -2.24. The Morgan fingerprint density at radius 1 is 1.16 bits per heavy atom. The Bertz CT molecular complexity index is 1250. The number of ether oxygens (including phenoxy) is 1. The first-order valence-corrected chi connectivity index (χ1v) is 11.8. The van der Waals surface area contributed by atoms with Gasteiger partial charge in [0.1, 0.15) is 10.6 Å². The molecule has 1 amide bonds. The first-order valence-electron chi connectivity index (χ1n) is 10.3. The van der Waals surface area contributed by atoms with Gasteiger partial charge in [0.25, 0.3) is 5.91 Å². The Morgan fingerprint density at radius 2 is 2.00 bits per heavy atom. The number of methoxy groups -OCH3 is 1. The van der Waals surface area contributed by atoms with E-state index < -0.39 is 10.0 Å². The van der Waals surface area contributed by atoms with Crippen LogP contribution in [0.1, 0.15) is 47.9 Å². The first kappa shape index (κ1) is 20.0. The summed E-state index contributed by atoms with van der Waals surface area (Å²) >= 11 is 0. The van der Waals surface area contributed by atoms with Crippen LogP contribution in [-0.4, -0.2) is 53.5 Å². The second kappa shape index (κ2) is 7.61. The molecule has 1 aromatic carbocycles. The molecule has 1 aliphatic carbocycles. The number of nitrogens with zero attached hydrogens (tertiary/aromatic N) is 4. The Morgan fingerprint density at radius 3 is 2.77 bits per heavy atom. The summed E-state index contributed by atoms with van der Waals surface area (Å²) < 4.78 is 35.4. The van der Waals surface area contributed by atoms with Gasteiger partial charge >= 0.3 is 0 Å². The molecule has 2 fully saturated rings. The number of nitrogens with one attached hydrogen (secondary N) is 1. The number of aromatic nitrogens is 3. The molecule has 3 heterocycles. The summed E-state index contributed by atoms with van der Waals surface area (Å²) in [5, 5.41) is 8.52. The maximum Gasteiger partial charge on any atom is 0.254 e. The van der Waals surface area contributed by atoms with Crippen LogP contribution < -0.4 is 9.46 Å². The molecule has 1 atom stereocenters. The highest BCUT2D eigenvalue weighted by Gasteiger charge is 2.35. The van der Waals surface area contributed by atoms with Crippen molar-refractivity contribution in [2.45, 2.75) is 42.7 Å². The second-order valence-corrected chi connectivity index (χ2v) is 9.59. The number of hydrogen-bond acceptors (Lipinski definition) is 6. The van der Waals surface area contributed by atoms with Crippen molar-refractivity contribution in [1.29, 1.82) is 0 Å². The van der Waals surface area contributed by atoms with Gasteiger partial charge in [-0.2, -0.15) is 0 Å². The highest BCUT2D eigenvalue weighted by Crippen LogP contribution is 2.34. The molecule has 2 aromatic heterocycles. The molecule has 1 unspecified atom stereocenters. The zero-order valence-electron chi connectivity index (χ0n) is 17.1. The van der Waals surface area contributed by atoms with Crippen molar-refractivity contribution < 1.29 is 17.9 Å². The molecule has 162 valence electrons.